The number of hydrogen-bond donors (Lipinski definition) is 0. The normalized spacial score (nSPS) is 11.7. The Hall–Kier alpha value is -4.99. The minimum absolute atomic E-state index is 0.0497. The molecule has 0 bridgehead atoms. The molecule has 33 heavy (non-hydrogen) atoms. The highest BCUT2D eigenvalue weighted by molar-refractivity contribution is 6.26. The van der Waals surface area contributed by atoms with Crippen LogP contribution in [-0.4, -0.2) is 30.6 Å². The summed E-state index contributed by atoms with van der Waals surface area (Å²) in [6.07, 6.45) is 4.43. The van der Waals surface area contributed by atoms with E-state index >= 15 is 0 Å². The van der Waals surface area contributed by atoms with Gasteiger partial charge in [-0.2, -0.15) is 0 Å². The van der Waals surface area contributed by atoms with Gasteiger partial charge in [0.05, 0.1) is 15.4 Å². The number of non-ortho nitro benzene ring substituents is 2. The standard InChI is InChI=1S/C23H15N5O5/c29-23(14-9-16-5-10-18(11-6-16)27(30)31)22(15-17-7-12-19(13-8-17)28(32)33)26-21-4-2-1-3-20(21)24-25-26/h1-15H/b14-9-,22-15+. The molecular weight excluding hydrogens is 426 g/mol. The van der Waals surface area contributed by atoms with E-state index < -0.39 is 15.6 Å². The number of carbonyl (C=O) groups excluding carboxylic acids is 1. The van der Waals surface area contributed by atoms with Crippen molar-refractivity contribution in [2.75, 3.05) is 0 Å². The highest BCUT2D eigenvalue weighted by atomic mass is 16.6. The summed E-state index contributed by atoms with van der Waals surface area (Å²) in [6.45, 7) is 0. The van der Waals surface area contributed by atoms with E-state index in [4.69, 9.17) is 0 Å². The molecule has 0 radical (unpaired) electrons. The first kappa shape index (κ1) is 21.2. The van der Waals surface area contributed by atoms with Gasteiger partial charge in [-0.1, -0.05) is 23.4 Å². The van der Waals surface area contributed by atoms with E-state index in [1.165, 1.54) is 65.4 Å². The van der Waals surface area contributed by atoms with Crippen molar-refractivity contribution < 1.29 is 14.6 Å². The maximum Gasteiger partial charge on any atom is 0.269 e. The van der Waals surface area contributed by atoms with Crippen LogP contribution >= 0.6 is 0 Å². The Morgan fingerprint density at radius 1 is 0.818 bits per heavy atom. The highest BCUT2D eigenvalue weighted by Crippen LogP contribution is 2.21. The van der Waals surface area contributed by atoms with Crippen molar-refractivity contribution in [2.45, 2.75) is 0 Å². The molecule has 0 saturated heterocycles. The van der Waals surface area contributed by atoms with Crippen molar-refractivity contribution in [1.82, 2.24) is 15.0 Å². The zero-order valence-electron chi connectivity index (χ0n) is 16.9. The lowest BCUT2D eigenvalue weighted by atomic mass is 10.1. The Morgan fingerprint density at radius 3 is 2.00 bits per heavy atom. The number of nitro groups is 2. The first-order valence-corrected chi connectivity index (χ1v) is 9.66. The molecule has 1 heterocycles. The van der Waals surface area contributed by atoms with Crippen LogP contribution in [0.1, 0.15) is 11.1 Å². The molecule has 0 amide bonds. The van der Waals surface area contributed by atoms with Gasteiger partial charge in [0, 0.05) is 24.3 Å². The third-order valence-electron chi connectivity index (χ3n) is 4.77. The fourth-order valence-electron chi connectivity index (χ4n) is 3.10. The van der Waals surface area contributed by atoms with Gasteiger partial charge in [0.1, 0.15) is 11.2 Å². The molecule has 0 saturated carbocycles. The van der Waals surface area contributed by atoms with Crippen molar-refractivity contribution >= 4 is 46.0 Å². The number of para-hydroxylation sites is 1. The average Bonchev–Trinajstić information content (AvgIpc) is 3.25. The molecule has 0 spiro atoms. The topological polar surface area (TPSA) is 134 Å². The molecule has 0 aliphatic heterocycles. The largest absolute Gasteiger partial charge is 0.288 e. The molecule has 10 nitrogen and oxygen atoms in total. The Morgan fingerprint density at radius 2 is 1.39 bits per heavy atom. The maximum absolute atomic E-state index is 13.2. The van der Waals surface area contributed by atoms with E-state index in [-0.39, 0.29) is 17.1 Å². The van der Waals surface area contributed by atoms with E-state index in [0.29, 0.717) is 22.2 Å². The molecule has 10 heteroatoms. The van der Waals surface area contributed by atoms with Gasteiger partial charge in [0.25, 0.3) is 11.4 Å². The molecule has 4 rings (SSSR count). The third-order valence-corrected chi connectivity index (χ3v) is 4.77. The number of rotatable bonds is 7. The van der Waals surface area contributed by atoms with Crippen LogP contribution in [0.4, 0.5) is 11.4 Å². The number of fused-ring (bicyclic) bond motifs is 1. The van der Waals surface area contributed by atoms with E-state index in [2.05, 4.69) is 10.3 Å². The molecule has 162 valence electrons. The average molecular weight is 441 g/mol. The minimum atomic E-state index is -0.503. The number of aromatic nitrogens is 3. The van der Waals surface area contributed by atoms with Crippen molar-refractivity contribution in [3.8, 4) is 0 Å². The second-order valence-corrected chi connectivity index (χ2v) is 6.91. The van der Waals surface area contributed by atoms with Crippen LogP contribution in [-0.2, 0) is 4.79 Å². The van der Waals surface area contributed by atoms with Crippen molar-refractivity contribution in [2.24, 2.45) is 0 Å². The second kappa shape index (κ2) is 9.02. The number of benzene rings is 3. The van der Waals surface area contributed by atoms with Crippen LogP contribution in [0.5, 0.6) is 0 Å². The summed E-state index contributed by atoms with van der Waals surface area (Å²) in [5.41, 5.74) is 2.44. The van der Waals surface area contributed by atoms with Crippen LogP contribution in [0.15, 0.2) is 78.9 Å². The maximum atomic E-state index is 13.2. The Bertz CT molecular complexity index is 1420. The summed E-state index contributed by atoms with van der Waals surface area (Å²) in [5.74, 6) is -0.401. The van der Waals surface area contributed by atoms with E-state index in [1.54, 1.807) is 30.3 Å². The lowest BCUT2D eigenvalue weighted by Gasteiger charge is -2.06. The smallest absolute Gasteiger partial charge is 0.269 e. The van der Waals surface area contributed by atoms with Gasteiger partial charge >= 0.3 is 0 Å². The van der Waals surface area contributed by atoms with Crippen molar-refractivity contribution in [1.29, 1.82) is 0 Å². The van der Waals surface area contributed by atoms with Gasteiger partial charge in [0.2, 0.25) is 5.78 Å². The SMILES string of the molecule is O=C(/C=C\c1ccc([N+](=O)[O-])cc1)/C(=C\c1ccc([N+](=O)[O-])cc1)n1nnc2ccccc21. The second-order valence-electron chi connectivity index (χ2n) is 6.91. The minimum Gasteiger partial charge on any atom is -0.288 e. The predicted octanol–water partition coefficient (Wildman–Crippen LogP) is 4.53. The molecule has 4 aromatic rings. The molecular formula is C23H15N5O5. The Balaban J connectivity index is 1.72. The zero-order chi connectivity index (χ0) is 23.4. The number of ketones is 1. The fraction of sp³-hybridized carbons (Fsp3) is 0. The summed E-state index contributed by atoms with van der Waals surface area (Å²) in [5, 5.41) is 29.9. The monoisotopic (exact) mass is 441 g/mol. The summed E-state index contributed by atoms with van der Waals surface area (Å²) < 4.78 is 1.40. The van der Waals surface area contributed by atoms with Crippen LogP contribution in [0.2, 0.25) is 0 Å². The lowest BCUT2D eigenvalue weighted by Crippen LogP contribution is -2.08. The van der Waals surface area contributed by atoms with Gasteiger partial charge in [-0.05, 0) is 59.7 Å². The quantitative estimate of drug-likeness (QED) is 0.234. The fourth-order valence-corrected chi connectivity index (χ4v) is 3.10. The van der Waals surface area contributed by atoms with Crippen molar-refractivity contribution in [3.63, 3.8) is 0 Å². The first-order valence-electron chi connectivity index (χ1n) is 9.66. The number of nitrogens with zero attached hydrogens (tertiary/aromatic N) is 5. The van der Waals surface area contributed by atoms with Crippen LogP contribution in [0.25, 0.3) is 28.9 Å². The number of carbonyl (C=O) groups is 1. The predicted molar refractivity (Wildman–Crippen MR) is 122 cm³/mol. The van der Waals surface area contributed by atoms with Crippen molar-refractivity contribution in [3.05, 3.63) is 110 Å². The molecule has 0 aliphatic rings. The zero-order valence-corrected chi connectivity index (χ0v) is 16.9. The molecule has 0 N–H and O–H groups in total. The van der Waals surface area contributed by atoms with E-state index in [0.717, 1.165) is 0 Å². The summed E-state index contributed by atoms with van der Waals surface area (Å²) in [7, 11) is 0. The van der Waals surface area contributed by atoms with Gasteiger partial charge in [0.15, 0.2) is 0 Å². The van der Waals surface area contributed by atoms with Gasteiger partial charge in [-0.25, -0.2) is 4.68 Å². The van der Waals surface area contributed by atoms with Gasteiger partial charge in [-0.3, -0.25) is 25.0 Å². The molecule has 0 fully saturated rings. The molecule has 0 atom stereocenters. The van der Waals surface area contributed by atoms with Gasteiger partial charge in [-0.15, -0.1) is 5.10 Å². The van der Waals surface area contributed by atoms with Crippen LogP contribution in [0.3, 0.4) is 0 Å². The number of hydrogen-bond acceptors (Lipinski definition) is 7. The Labute approximate surface area is 186 Å². The van der Waals surface area contributed by atoms with E-state index in [9.17, 15) is 25.0 Å². The first-order chi connectivity index (χ1) is 15.9. The molecule has 1 aromatic heterocycles. The summed E-state index contributed by atoms with van der Waals surface area (Å²) >= 11 is 0. The third kappa shape index (κ3) is 4.69. The Kier molecular flexibility index (Phi) is 5.81. The van der Waals surface area contributed by atoms with Gasteiger partial charge < -0.3 is 0 Å². The number of nitro benzene ring substituents is 2. The summed E-state index contributed by atoms with van der Waals surface area (Å²) in [4.78, 5) is 33.9. The lowest BCUT2D eigenvalue weighted by molar-refractivity contribution is -0.385. The molecule has 3 aromatic carbocycles. The molecule has 0 unspecified atom stereocenters. The highest BCUT2D eigenvalue weighted by Gasteiger charge is 2.15. The summed E-state index contributed by atoms with van der Waals surface area (Å²) in [6, 6.07) is 18.7. The number of allylic oxidation sites excluding steroid dienone is 2. The van der Waals surface area contributed by atoms with E-state index in [1.807, 2.05) is 0 Å². The van der Waals surface area contributed by atoms with Crippen LogP contribution in [0, 0.1) is 20.2 Å². The van der Waals surface area contributed by atoms with Crippen LogP contribution < -0.4 is 0 Å². The molecule has 0 aliphatic carbocycles.